The summed E-state index contributed by atoms with van der Waals surface area (Å²) in [5.74, 6) is 0.0953. The average molecular weight is 239 g/mol. The Bertz CT molecular complexity index is 563. The van der Waals surface area contributed by atoms with E-state index in [4.69, 9.17) is 4.74 Å². The lowest BCUT2D eigenvalue weighted by atomic mass is 10.2. The number of ether oxygens (including phenoxy) is 1. The minimum absolute atomic E-state index is 0.0953. The molecule has 0 amide bonds. The molecule has 0 spiro atoms. The molecule has 2 rings (SSSR count). The van der Waals surface area contributed by atoms with Crippen molar-refractivity contribution in [3.63, 3.8) is 0 Å². The minimum atomic E-state index is -4.50. The molecule has 1 aromatic carbocycles. The fourth-order valence-electron chi connectivity index (χ4n) is 1.48. The van der Waals surface area contributed by atoms with Crippen molar-refractivity contribution in [1.82, 2.24) is 4.98 Å². The minimum Gasteiger partial charge on any atom is -0.465 e. The van der Waals surface area contributed by atoms with Crippen LogP contribution in [-0.4, -0.2) is 4.98 Å². The standard InChI is InChI=1S/C12H8F3NO/c1-2-17-10-7-11(12(13,14)15)16-9-6-4-3-5-8(9)10/h2-7H,1H2. The lowest BCUT2D eigenvalue weighted by Crippen LogP contribution is -2.08. The Balaban J connectivity index is 2.71. The van der Waals surface area contributed by atoms with E-state index >= 15 is 0 Å². The predicted octanol–water partition coefficient (Wildman–Crippen LogP) is 3.78. The topological polar surface area (TPSA) is 22.1 Å². The molecule has 0 aliphatic rings. The normalized spacial score (nSPS) is 11.5. The second-order valence-corrected chi connectivity index (χ2v) is 3.31. The summed E-state index contributed by atoms with van der Waals surface area (Å²) in [5, 5.41) is 0.514. The van der Waals surface area contributed by atoms with E-state index in [1.54, 1.807) is 18.2 Å². The Hall–Kier alpha value is -2.04. The van der Waals surface area contributed by atoms with E-state index in [9.17, 15) is 13.2 Å². The first-order valence-corrected chi connectivity index (χ1v) is 4.77. The summed E-state index contributed by atoms with van der Waals surface area (Å²) in [7, 11) is 0. The molecule has 0 bridgehead atoms. The van der Waals surface area contributed by atoms with Crippen molar-refractivity contribution in [2.75, 3.05) is 0 Å². The maximum atomic E-state index is 12.6. The average Bonchev–Trinajstić information content (AvgIpc) is 2.28. The van der Waals surface area contributed by atoms with Crippen LogP contribution in [0.2, 0.25) is 0 Å². The second-order valence-electron chi connectivity index (χ2n) is 3.31. The maximum Gasteiger partial charge on any atom is 0.433 e. The van der Waals surface area contributed by atoms with Gasteiger partial charge < -0.3 is 4.74 Å². The Morgan fingerprint density at radius 1 is 1.24 bits per heavy atom. The molecular weight excluding hydrogens is 231 g/mol. The van der Waals surface area contributed by atoms with E-state index in [1.807, 2.05) is 0 Å². The summed E-state index contributed by atoms with van der Waals surface area (Å²) in [4.78, 5) is 3.55. The number of halogens is 3. The molecule has 88 valence electrons. The lowest BCUT2D eigenvalue weighted by Gasteiger charge is -2.10. The molecular formula is C12H8F3NO. The van der Waals surface area contributed by atoms with Crippen LogP contribution >= 0.6 is 0 Å². The monoisotopic (exact) mass is 239 g/mol. The highest BCUT2D eigenvalue weighted by Crippen LogP contribution is 2.34. The SMILES string of the molecule is C=COc1cc(C(F)(F)F)nc2ccccc12. The van der Waals surface area contributed by atoms with Crippen molar-refractivity contribution in [3.05, 3.63) is 48.9 Å². The molecule has 0 saturated heterocycles. The first-order chi connectivity index (χ1) is 8.02. The van der Waals surface area contributed by atoms with Gasteiger partial charge in [0.25, 0.3) is 0 Å². The zero-order valence-corrected chi connectivity index (χ0v) is 8.66. The van der Waals surface area contributed by atoms with Crippen molar-refractivity contribution < 1.29 is 17.9 Å². The Labute approximate surface area is 95.3 Å². The van der Waals surface area contributed by atoms with Crippen LogP contribution in [0.1, 0.15) is 5.69 Å². The summed E-state index contributed by atoms with van der Waals surface area (Å²) in [5.41, 5.74) is -0.743. The van der Waals surface area contributed by atoms with Gasteiger partial charge in [-0.25, -0.2) is 4.98 Å². The van der Waals surface area contributed by atoms with Crippen LogP contribution in [0.5, 0.6) is 5.75 Å². The summed E-state index contributed by atoms with van der Waals surface area (Å²) >= 11 is 0. The van der Waals surface area contributed by atoms with E-state index in [2.05, 4.69) is 11.6 Å². The fourth-order valence-corrected chi connectivity index (χ4v) is 1.48. The molecule has 0 N–H and O–H groups in total. The number of nitrogens with zero attached hydrogens (tertiary/aromatic N) is 1. The van der Waals surface area contributed by atoms with Crippen LogP contribution in [0.4, 0.5) is 13.2 Å². The van der Waals surface area contributed by atoms with E-state index in [0.717, 1.165) is 12.3 Å². The molecule has 0 aliphatic heterocycles. The van der Waals surface area contributed by atoms with E-state index in [0.29, 0.717) is 5.39 Å². The van der Waals surface area contributed by atoms with Crippen molar-refractivity contribution in [2.24, 2.45) is 0 Å². The number of hydrogen-bond acceptors (Lipinski definition) is 2. The number of benzene rings is 1. The van der Waals surface area contributed by atoms with Gasteiger partial charge in [-0.05, 0) is 12.1 Å². The maximum absolute atomic E-state index is 12.6. The van der Waals surface area contributed by atoms with Gasteiger partial charge in [-0.1, -0.05) is 18.7 Å². The van der Waals surface area contributed by atoms with E-state index < -0.39 is 11.9 Å². The summed E-state index contributed by atoms with van der Waals surface area (Å²) in [6.07, 6.45) is -3.41. The van der Waals surface area contributed by atoms with Crippen LogP contribution in [0.25, 0.3) is 10.9 Å². The fraction of sp³-hybridized carbons (Fsp3) is 0.0833. The quantitative estimate of drug-likeness (QED) is 0.744. The molecule has 17 heavy (non-hydrogen) atoms. The Morgan fingerprint density at radius 3 is 2.59 bits per heavy atom. The predicted molar refractivity (Wildman–Crippen MR) is 57.6 cm³/mol. The molecule has 1 aromatic heterocycles. The van der Waals surface area contributed by atoms with Crippen molar-refractivity contribution in [2.45, 2.75) is 6.18 Å². The van der Waals surface area contributed by atoms with Crippen LogP contribution in [0.3, 0.4) is 0 Å². The van der Waals surface area contributed by atoms with E-state index in [1.165, 1.54) is 6.07 Å². The molecule has 2 aromatic rings. The highest BCUT2D eigenvalue weighted by Gasteiger charge is 2.33. The number of pyridine rings is 1. The third kappa shape index (κ3) is 2.22. The van der Waals surface area contributed by atoms with E-state index in [-0.39, 0.29) is 11.3 Å². The number of hydrogen-bond donors (Lipinski definition) is 0. The second kappa shape index (κ2) is 4.08. The number of rotatable bonds is 2. The largest absolute Gasteiger partial charge is 0.465 e. The smallest absolute Gasteiger partial charge is 0.433 e. The summed E-state index contributed by atoms with van der Waals surface area (Å²) in [6, 6.07) is 7.33. The van der Waals surface area contributed by atoms with Gasteiger partial charge in [0.2, 0.25) is 0 Å². The number of para-hydroxylation sites is 1. The molecule has 1 heterocycles. The first kappa shape index (κ1) is 11.4. The van der Waals surface area contributed by atoms with Crippen LogP contribution < -0.4 is 4.74 Å². The van der Waals surface area contributed by atoms with Crippen molar-refractivity contribution in [3.8, 4) is 5.75 Å². The van der Waals surface area contributed by atoms with Gasteiger partial charge in [0, 0.05) is 11.5 Å². The first-order valence-electron chi connectivity index (χ1n) is 4.77. The van der Waals surface area contributed by atoms with Gasteiger partial charge in [0.1, 0.15) is 11.4 Å². The molecule has 0 aliphatic carbocycles. The molecule has 0 saturated carbocycles. The molecule has 0 atom stereocenters. The van der Waals surface area contributed by atoms with Gasteiger partial charge in [0.05, 0.1) is 11.8 Å². The summed E-state index contributed by atoms with van der Waals surface area (Å²) in [6.45, 7) is 3.33. The summed E-state index contributed by atoms with van der Waals surface area (Å²) < 4.78 is 42.8. The molecule has 2 nitrogen and oxygen atoms in total. The van der Waals surface area contributed by atoms with Crippen LogP contribution in [0, 0.1) is 0 Å². The molecule has 0 unspecified atom stereocenters. The van der Waals surface area contributed by atoms with Crippen LogP contribution in [0.15, 0.2) is 43.2 Å². The van der Waals surface area contributed by atoms with Gasteiger partial charge in [-0.3, -0.25) is 0 Å². The Morgan fingerprint density at radius 2 is 1.94 bits per heavy atom. The molecule has 5 heteroatoms. The highest BCUT2D eigenvalue weighted by atomic mass is 19.4. The molecule has 0 radical (unpaired) electrons. The highest BCUT2D eigenvalue weighted by molar-refractivity contribution is 5.85. The van der Waals surface area contributed by atoms with Crippen LogP contribution in [-0.2, 0) is 6.18 Å². The number of aromatic nitrogens is 1. The van der Waals surface area contributed by atoms with Gasteiger partial charge in [-0.2, -0.15) is 13.2 Å². The Kier molecular flexibility index (Phi) is 2.75. The number of fused-ring (bicyclic) bond motifs is 1. The van der Waals surface area contributed by atoms with Crippen molar-refractivity contribution >= 4 is 10.9 Å². The third-order valence-electron chi connectivity index (χ3n) is 2.18. The van der Waals surface area contributed by atoms with Gasteiger partial charge in [-0.15, -0.1) is 0 Å². The van der Waals surface area contributed by atoms with Crippen molar-refractivity contribution in [1.29, 1.82) is 0 Å². The third-order valence-corrected chi connectivity index (χ3v) is 2.18. The van der Waals surface area contributed by atoms with Gasteiger partial charge in [0.15, 0.2) is 0 Å². The van der Waals surface area contributed by atoms with Gasteiger partial charge >= 0.3 is 6.18 Å². The number of alkyl halides is 3. The zero-order chi connectivity index (χ0) is 12.5. The molecule has 0 fully saturated rings. The lowest BCUT2D eigenvalue weighted by molar-refractivity contribution is -0.141. The zero-order valence-electron chi connectivity index (χ0n) is 8.66.